The summed E-state index contributed by atoms with van der Waals surface area (Å²) < 4.78 is 0. The van der Waals surface area contributed by atoms with E-state index in [2.05, 4.69) is 11.9 Å². The second kappa shape index (κ2) is 5.70. The average Bonchev–Trinajstić information content (AvgIpc) is 2.42. The van der Waals surface area contributed by atoms with E-state index in [0.717, 1.165) is 31.2 Å². The van der Waals surface area contributed by atoms with Crippen LogP contribution in [0.2, 0.25) is 0 Å². The maximum atomic E-state index is 12.6. The molecule has 1 aromatic rings. The lowest BCUT2D eigenvalue weighted by molar-refractivity contribution is -0.129. The number of hydrogen-bond donors (Lipinski definition) is 2. The molecule has 0 radical (unpaired) electrons. The van der Waals surface area contributed by atoms with Crippen molar-refractivity contribution in [1.82, 2.24) is 4.98 Å². The van der Waals surface area contributed by atoms with Gasteiger partial charge < -0.3 is 11.5 Å². The van der Waals surface area contributed by atoms with Gasteiger partial charge in [-0.2, -0.15) is 0 Å². The Labute approximate surface area is 114 Å². The number of nitrogens with zero attached hydrogens (tertiary/aromatic N) is 1. The quantitative estimate of drug-likeness (QED) is 0.867. The third-order valence-corrected chi connectivity index (χ3v) is 4.51. The molecule has 0 saturated heterocycles. The van der Waals surface area contributed by atoms with Crippen molar-refractivity contribution in [3.8, 4) is 0 Å². The van der Waals surface area contributed by atoms with Gasteiger partial charge in [-0.05, 0) is 37.7 Å². The summed E-state index contributed by atoms with van der Waals surface area (Å²) in [5.74, 6) is 0.928. The molecule has 1 aromatic heterocycles. The summed E-state index contributed by atoms with van der Waals surface area (Å²) in [6.45, 7) is 2.68. The molecule has 0 atom stereocenters. The summed E-state index contributed by atoms with van der Waals surface area (Å²) in [4.78, 5) is 16.7. The minimum absolute atomic E-state index is 0.224. The van der Waals surface area contributed by atoms with E-state index in [1.807, 2.05) is 0 Å². The SMILES string of the molecule is CC1CCC(CN)(C(=O)Cc2cnccc2N)CC1. The summed E-state index contributed by atoms with van der Waals surface area (Å²) in [6, 6.07) is 1.74. The van der Waals surface area contributed by atoms with Crippen LogP contribution in [0.3, 0.4) is 0 Å². The number of hydrogen-bond acceptors (Lipinski definition) is 4. The molecule has 0 aromatic carbocycles. The highest BCUT2D eigenvalue weighted by Crippen LogP contribution is 2.39. The molecule has 19 heavy (non-hydrogen) atoms. The fraction of sp³-hybridized carbons (Fsp3) is 0.600. The zero-order chi connectivity index (χ0) is 13.9. The summed E-state index contributed by atoms with van der Waals surface area (Å²) in [5, 5.41) is 0. The Balaban J connectivity index is 2.12. The molecule has 0 aliphatic heterocycles. The second-order valence-corrected chi connectivity index (χ2v) is 5.84. The molecule has 1 aliphatic carbocycles. The lowest BCUT2D eigenvalue weighted by Crippen LogP contribution is -2.42. The lowest BCUT2D eigenvalue weighted by Gasteiger charge is -2.37. The molecule has 0 bridgehead atoms. The van der Waals surface area contributed by atoms with Gasteiger partial charge >= 0.3 is 0 Å². The number of Topliss-reactive ketones (excluding diaryl/α,β-unsaturated/α-hetero) is 1. The maximum Gasteiger partial charge on any atom is 0.144 e. The molecule has 4 N–H and O–H groups in total. The number of ketones is 1. The van der Waals surface area contributed by atoms with Gasteiger partial charge in [0.05, 0.1) is 0 Å². The van der Waals surface area contributed by atoms with Gasteiger partial charge in [-0.25, -0.2) is 0 Å². The summed E-state index contributed by atoms with van der Waals surface area (Å²) in [7, 11) is 0. The Morgan fingerprint density at radius 1 is 1.47 bits per heavy atom. The van der Waals surface area contributed by atoms with E-state index in [1.54, 1.807) is 18.5 Å². The van der Waals surface area contributed by atoms with E-state index in [-0.39, 0.29) is 11.2 Å². The Kier molecular flexibility index (Phi) is 4.20. The summed E-state index contributed by atoms with van der Waals surface area (Å²) in [5.41, 5.74) is 12.9. The summed E-state index contributed by atoms with van der Waals surface area (Å²) in [6.07, 6.45) is 7.67. The zero-order valence-corrected chi connectivity index (χ0v) is 11.6. The van der Waals surface area contributed by atoms with Gasteiger partial charge in [0.2, 0.25) is 0 Å². The first-order valence-corrected chi connectivity index (χ1v) is 6.99. The van der Waals surface area contributed by atoms with E-state index in [0.29, 0.717) is 24.6 Å². The molecule has 4 nitrogen and oxygen atoms in total. The normalized spacial score (nSPS) is 27.2. The smallest absolute Gasteiger partial charge is 0.144 e. The van der Waals surface area contributed by atoms with Crippen molar-refractivity contribution in [2.45, 2.75) is 39.0 Å². The molecule has 0 unspecified atom stereocenters. The largest absolute Gasteiger partial charge is 0.398 e. The van der Waals surface area contributed by atoms with Crippen LogP contribution in [0.5, 0.6) is 0 Å². The van der Waals surface area contributed by atoms with E-state index in [1.165, 1.54) is 0 Å². The number of anilines is 1. The molecule has 1 aliphatic rings. The van der Waals surface area contributed by atoms with Crippen LogP contribution < -0.4 is 11.5 Å². The van der Waals surface area contributed by atoms with Crippen LogP contribution in [-0.2, 0) is 11.2 Å². The van der Waals surface area contributed by atoms with Crippen LogP contribution in [0.25, 0.3) is 0 Å². The number of aromatic nitrogens is 1. The van der Waals surface area contributed by atoms with Gasteiger partial charge in [0.15, 0.2) is 0 Å². The Morgan fingerprint density at radius 3 is 2.74 bits per heavy atom. The first-order valence-electron chi connectivity index (χ1n) is 6.99. The number of nitrogens with two attached hydrogens (primary N) is 2. The molecule has 0 amide bonds. The molecule has 1 saturated carbocycles. The maximum absolute atomic E-state index is 12.6. The van der Waals surface area contributed by atoms with Gasteiger partial charge in [-0.3, -0.25) is 9.78 Å². The van der Waals surface area contributed by atoms with E-state index in [9.17, 15) is 4.79 Å². The highest BCUT2D eigenvalue weighted by molar-refractivity contribution is 5.88. The van der Waals surface area contributed by atoms with E-state index in [4.69, 9.17) is 11.5 Å². The number of carbonyl (C=O) groups is 1. The van der Waals surface area contributed by atoms with Crippen molar-refractivity contribution >= 4 is 11.5 Å². The van der Waals surface area contributed by atoms with E-state index >= 15 is 0 Å². The standard InChI is InChI=1S/C15H23N3O/c1-11-2-5-15(10-16,6-3-11)14(19)8-12-9-18-7-4-13(12)17/h4,7,9,11H,2-3,5-6,8,10,16H2,1H3,(H2,17,18). The van der Waals surface area contributed by atoms with Gasteiger partial charge in [0, 0.05) is 42.0 Å². The molecular formula is C15H23N3O. The number of nitrogen functional groups attached to an aromatic ring is 1. The molecule has 2 rings (SSSR count). The third-order valence-electron chi connectivity index (χ3n) is 4.51. The molecule has 0 spiro atoms. The van der Waals surface area contributed by atoms with Crippen molar-refractivity contribution in [2.24, 2.45) is 17.1 Å². The van der Waals surface area contributed by atoms with Gasteiger partial charge in [-0.15, -0.1) is 0 Å². The first-order chi connectivity index (χ1) is 9.07. The van der Waals surface area contributed by atoms with Crippen LogP contribution in [-0.4, -0.2) is 17.3 Å². The molecule has 1 fully saturated rings. The van der Waals surface area contributed by atoms with Crippen LogP contribution in [0.4, 0.5) is 5.69 Å². The van der Waals surface area contributed by atoms with Crippen LogP contribution in [0.15, 0.2) is 18.5 Å². The summed E-state index contributed by atoms with van der Waals surface area (Å²) >= 11 is 0. The second-order valence-electron chi connectivity index (χ2n) is 5.84. The fourth-order valence-corrected chi connectivity index (χ4v) is 2.86. The third kappa shape index (κ3) is 2.95. The van der Waals surface area contributed by atoms with Gasteiger partial charge in [0.25, 0.3) is 0 Å². The van der Waals surface area contributed by atoms with Crippen molar-refractivity contribution < 1.29 is 4.79 Å². The van der Waals surface area contributed by atoms with E-state index < -0.39 is 0 Å². The molecule has 1 heterocycles. The van der Waals surface area contributed by atoms with Crippen LogP contribution in [0.1, 0.15) is 38.2 Å². The first kappa shape index (κ1) is 14.0. The number of rotatable bonds is 4. The fourth-order valence-electron chi connectivity index (χ4n) is 2.86. The Morgan fingerprint density at radius 2 is 2.16 bits per heavy atom. The molecular weight excluding hydrogens is 238 g/mol. The van der Waals surface area contributed by atoms with Crippen molar-refractivity contribution in [3.05, 3.63) is 24.0 Å². The van der Waals surface area contributed by atoms with Crippen molar-refractivity contribution in [1.29, 1.82) is 0 Å². The monoisotopic (exact) mass is 261 g/mol. The minimum Gasteiger partial charge on any atom is -0.398 e. The molecule has 104 valence electrons. The van der Waals surface area contributed by atoms with Crippen molar-refractivity contribution in [3.63, 3.8) is 0 Å². The topological polar surface area (TPSA) is 82.0 Å². The Bertz CT molecular complexity index is 450. The average molecular weight is 261 g/mol. The van der Waals surface area contributed by atoms with Crippen LogP contribution in [0, 0.1) is 11.3 Å². The zero-order valence-electron chi connectivity index (χ0n) is 11.6. The highest BCUT2D eigenvalue weighted by atomic mass is 16.1. The molecule has 4 heteroatoms. The number of carbonyl (C=O) groups excluding carboxylic acids is 1. The highest BCUT2D eigenvalue weighted by Gasteiger charge is 2.39. The van der Waals surface area contributed by atoms with Gasteiger partial charge in [0.1, 0.15) is 5.78 Å². The predicted molar refractivity (Wildman–Crippen MR) is 76.5 cm³/mol. The Hall–Kier alpha value is -1.42. The van der Waals surface area contributed by atoms with Crippen molar-refractivity contribution in [2.75, 3.05) is 12.3 Å². The lowest BCUT2D eigenvalue weighted by atomic mass is 9.67. The van der Waals surface area contributed by atoms with Gasteiger partial charge in [-0.1, -0.05) is 6.92 Å². The number of pyridine rings is 1. The van der Waals surface area contributed by atoms with Crippen LogP contribution >= 0.6 is 0 Å². The minimum atomic E-state index is -0.339. The predicted octanol–water partition coefficient (Wildman–Crippen LogP) is 1.93.